The van der Waals surface area contributed by atoms with Crippen LogP contribution in [0.4, 0.5) is 11.6 Å². The van der Waals surface area contributed by atoms with Crippen LogP contribution in [-0.2, 0) is 0 Å². The van der Waals surface area contributed by atoms with Crippen LogP contribution in [0.2, 0.25) is 0 Å². The number of hydrogen-bond acceptors (Lipinski definition) is 5. The van der Waals surface area contributed by atoms with E-state index in [1.807, 2.05) is 6.07 Å². The largest absolute Gasteiger partial charge is 0.370 e. The van der Waals surface area contributed by atoms with E-state index in [0.29, 0.717) is 12.6 Å². The van der Waals surface area contributed by atoms with Gasteiger partial charge in [0.15, 0.2) is 0 Å². The molecule has 1 unspecified atom stereocenters. The monoisotopic (exact) mass is 223 g/mol. The first kappa shape index (κ1) is 12.7. The second-order valence-electron chi connectivity index (χ2n) is 3.81. The van der Waals surface area contributed by atoms with Crippen LogP contribution < -0.4 is 16.4 Å². The lowest BCUT2D eigenvalue weighted by Crippen LogP contribution is -2.15. The molecule has 16 heavy (non-hydrogen) atoms. The molecule has 0 aliphatic heterocycles. The highest BCUT2D eigenvalue weighted by atomic mass is 15.1. The molecule has 0 radical (unpaired) electrons. The van der Waals surface area contributed by atoms with Crippen molar-refractivity contribution in [3.8, 4) is 0 Å². The van der Waals surface area contributed by atoms with Gasteiger partial charge >= 0.3 is 0 Å². The van der Waals surface area contributed by atoms with Gasteiger partial charge in [-0.1, -0.05) is 6.92 Å². The highest BCUT2D eigenvalue weighted by molar-refractivity contribution is 5.46. The van der Waals surface area contributed by atoms with Gasteiger partial charge in [0, 0.05) is 18.7 Å². The maximum atomic E-state index is 5.42. The fraction of sp³-hybridized carbons (Fsp3) is 0.636. The van der Waals surface area contributed by atoms with Gasteiger partial charge in [-0.05, 0) is 26.3 Å². The molecular formula is C11H21N5. The topological polar surface area (TPSA) is 75.9 Å². The van der Waals surface area contributed by atoms with Crippen LogP contribution in [0, 0.1) is 0 Å². The van der Waals surface area contributed by atoms with E-state index in [4.69, 9.17) is 5.73 Å². The summed E-state index contributed by atoms with van der Waals surface area (Å²) in [6.45, 7) is 5.80. The van der Waals surface area contributed by atoms with Crippen LogP contribution in [-0.4, -0.2) is 29.1 Å². The number of rotatable bonds is 7. The fourth-order valence-electron chi connectivity index (χ4n) is 1.21. The molecule has 4 N–H and O–H groups in total. The number of hydrogen-bond donors (Lipinski definition) is 3. The molecule has 1 aromatic rings. The SMILES string of the molecule is CCC(C)Nc1cc(NCCCN)ncn1. The maximum Gasteiger partial charge on any atom is 0.131 e. The van der Waals surface area contributed by atoms with Crippen molar-refractivity contribution in [2.75, 3.05) is 23.7 Å². The molecule has 5 nitrogen and oxygen atoms in total. The molecule has 0 aromatic carbocycles. The summed E-state index contributed by atoms with van der Waals surface area (Å²) < 4.78 is 0. The molecule has 1 atom stereocenters. The molecule has 0 bridgehead atoms. The molecule has 0 fully saturated rings. The van der Waals surface area contributed by atoms with Crippen LogP contribution in [0.3, 0.4) is 0 Å². The molecule has 0 aliphatic carbocycles. The molecule has 0 amide bonds. The van der Waals surface area contributed by atoms with Crippen molar-refractivity contribution >= 4 is 11.6 Å². The minimum absolute atomic E-state index is 0.423. The van der Waals surface area contributed by atoms with Crippen molar-refractivity contribution < 1.29 is 0 Å². The molecule has 0 aliphatic rings. The van der Waals surface area contributed by atoms with E-state index < -0.39 is 0 Å². The predicted molar refractivity (Wildman–Crippen MR) is 67.6 cm³/mol. The van der Waals surface area contributed by atoms with E-state index in [-0.39, 0.29) is 0 Å². The first-order chi connectivity index (χ1) is 7.76. The van der Waals surface area contributed by atoms with Crippen LogP contribution in [0.15, 0.2) is 12.4 Å². The Kier molecular flexibility index (Phi) is 5.56. The summed E-state index contributed by atoms with van der Waals surface area (Å²) in [5.74, 6) is 1.70. The van der Waals surface area contributed by atoms with E-state index >= 15 is 0 Å². The second kappa shape index (κ2) is 7.00. The van der Waals surface area contributed by atoms with E-state index in [0.717, 1.165) is 31.0 Å². The van der Waals surface area contributed by atoms with Gasteiger partial charge in [0.1, 0.15) is 18.0 Å². The lowest BCUT2D eigenvalue weighted by atomic mass is 10.2. The van der Waals surface area contributed by atoms with Crippen molar-refractivity contribution in [1.82, 2.24) is 9.97 Å². The van der Waals surface area contributed by atoms with Crippen molar-refractivity contribution in [1.29, 1.82) is 0 Å². The van der Waals surface area contributed by atoms with Crippen LogP contribution in [0.5, 0.6) is 0 Å². The molecule has 0 saturated carbocycles. The summed E-state index contributed by atoms with van der Waals surface area (Å²) in [6, 6.07) is 2.34. The van der Waals surface area contributed by atoms with Crippen molar-refractivity contribution in [3.63, 3.8) is 0 Å². The van der Waals surface area contributed by atoms with Gasteiger partial charge in [0.2, 0.25) is 0 Å². The molecule has 1 heterocycles. The summed E-state index contributed by atoms with van der Waals surface area (Å²) in [5, 5.41) is 6.51. The smallest absolute Gasteiger partial charge is 0.131 e. The maximum absolute atomic E-state index is 5.42. The molecule has 1 rings (SSSR count). The van der Waals surface area contributed by atoms with Crippen molar-refractivity contribution in [2.24, 2.45) is 5.73 Å². The van der Waals surface area contributed by atoms with Gasteiger partial charge in [0.05, 0.1) is 0 Å². The molecular weight excluding hydrogens is 202 g/mol. The van der Waals surface area contributed by atoms with Gasteiger partial charge in [0.25, 0.3) is 0 Å². The van der Waals surface area contributed by atoms with Gasteiger partial charge in [-0.2, -0.15) is 0 Å². The minimum atomic E-state index is 0.423. The average Bonchev–Trinajstić information content (AvgIpc) is 2.30. The lowest BCUT2D eigenvalue weighted by Gasteiger charge is -2.12. The van der Waals surface area contributed by atoms with E-state index in [2.05, 4.69) is 34.4 Å². The number of anilines is 2. The Morgan fingerprint density at radius 2 is 2.12 bits per heavy atom. The van der Waals surface area contributed by atoms with E-state index in [1.54, 1.807) is 6.33 Å². The highest BCUT2D eigenvalue weighted by Gasteiger charge is 2.01. The quantitative estimate of drug-likeness (QED) is 0.610. The third kappa shape index (κ3) is 4.44. The summed E-state index contributed by atoms with van der Waals surface area (Å²) in [7, 11) is 0. The summed E-state index contributed by atoms with van der Waals surface area (Å²) in [6.07, 6.45) is 3.58. The van der Waals surface area contributed by atoms with E-state index in [1.165, 1.54) is 0 Å². The zero-order valence-corrected chi connectivity index (χ0v) is 10.0. The minimum Gasteiger partial charge on any atom is -0.370 e. The van der Waals surface area contributed by atoms with Crippen LogP contribution in [0.25, 0.3) is 0 Å². The fourth-order valence-corrected chi connectivity index (χ4v) is 1.21. The van der Waals surface area contributed by atoms with Gasteiger partial charge < -0.3 is 16.4 Å². The molecule has 0 spiro atoms. The number of aromatic nitrogens is 2. The molecule has 1 aromatic heterocycles. The standard InChI is InChI=1S/C11H21N5/c1-3-9(2)16-11-7-10(14-8-15-11)13-6-4-5-12/h7-9H,3-6,12H2,1-2H3,(H2,13,14,15,16). The third-order valence-corrected chi connectivity index (χ3v) is 2.36. The Bertz CT molecular complexity index is 302. The molecule has 90 valence electrons. The Labute approximate surface area is 96.9 Å². The third-order valence-electron chi connectivity index (χ3n) is 2.36. The number of nitrogens with one attached hydrogen (secondary N) is 2. The van der Waals surface area contributed by atoms with Crippen molar-refractivity contribution in [3.05, 3.63) is 12.4 Å². The van der Waals surface area contributed by atoms with Gasteiger partial charge in [-0.3, -0.25) is 0 Å². The van der Waals surface area contributed by atoms with Crippen LogP contribution >= 0.6 is 0 Å². The Hall–Kier alpha value is -1.36. The first-order valence-electron chi connectivity index (χ1n) is 5.78. The average molecular weight is 223 g/mol. The van der Waals surface area contributed by atoms with Gasteiger partial charge in [-0.25, -0.2) is 9.97 Å². The van der Waals surface area contributed by atoms with Crippen LogP contribution in [0.1, 0.15) is 26.7 Å². The Morgan fingerprint density at radius 3 is 2.81 bits per heavy atom. The highest BCUT2D eigenvalue weighted by Crippen LogP contribution is 2.10. The molecule has 5 heteroatoms. The van der Waals surface area contributed by atoms with Crippen molar-refractivity contribution in [2.45, 2.75) is 32.7 Å². The number of nitrogens with zero attached hydrogens (tertiary/aromatic N) is 2. The summed E-state index contributed by atoms with van der Waals surface area (Å²) in [4.78, 5) is 8.31. The molecule has 0 saturated heterocycles. The zero-order valence-electron chi connectivity index (χ0n) is 10.0. The Morgan fingerprint density at radius 1 is 1.38 bits per heavy atom. The van der Waals surface area contributed by atoms with Gasteiger partial charge in [-0.15, -0.1) is 0 Å². The summed E-state index contributed by atoms with van der Waals surface area (Å²) in [5.41, 5.74) is 5.42. The number of nitrogens with two attached hydrogens (primary N) is 1. The van der Waals surface area contributed by atoms with E-state index in [9.17, 15) is 0 Å². The predicted octanol–water partition coefficient (Wildman–Crippen LogP) is 1.45. The lowest BCUT2D eigenvalue weighted by molar-refractivity contribution is 0.758. The Balaban J connectivity index is 2.50. The second-order valence-corrected chi connectivity index (χ2v) is 3.81. The zero-order chi connectivity index (χ0) is 11.8. The normalized spacial score (nSPS) is 12.2. The first-order valence-corrected chi connectivity index (χ1v) is 5.78. The summed E-state index contributed by atoms with van der Waals surface area (Å²) >= 11 is 0.